The molecule has 0 heterocycles. The molecule has 0 amide bonds. The second-order valence-electron chi connectivity index (χ2n) is 3.86. The fraction of sp³-hybridized carbons (Fsp3) is 0.455. The van der Waals surface area contributed by atoms with E-state index in [9.17, 15) is 5.11 Å². The van der Waals surface area contributed by atoms with Gasteiger partial charge in [0.05, 0.1) is 25.4 Å². The fourth-order valence-electron chi connectivity index (χ4n) is 1.19. The van der Waals surface area contributed by atoms with Gasteiger partial charge in [0.2, 0.25) is 0 Å². The number of rotatable bonds is 6. The van der Waals surface area contributed by atoms with Crippen molar-refractivity contribution in [2.75, 3.05) is 13.2 Å². The Morgan fingerprint density at radius 1 is 1.44 bits per heavy atom. The highest BCUT2D eigenvalue weighted by Crippen LogP contribution is 2.07. The first-order valence-corrected chi connectivity index (χ1v) is 4.99. The second kappa shape index (κ2) is 6.12. The van der Waals surface area contributed by atoms with E-state index in [0.717, 1.165) is 5.56 Å². The molecule has 0 fully saturated rings. The molecule has 5 heteroatoms. The normalized spacial score (nSPS) is 13.9. The van der Waals surface area contributed by atoms with E-state index in [1.807, 2.05) is 30.3 Å². The highest BCUT2D eigenvalue weighted by Gasteiger charge is 2.19. The summed E-state index contributed by atoms with van der Waals surface area (Å²) in [5.41, 5.74) is 8.07. The summed E-state index contributed by atoms with van der Waals surface area (Å²) in [4.78, 5) is 2.60. The van der Waals surface area contributed by atoms with Gasteiger partial charge >= 0.3 is 0 Å². The molecule has 1 unspecified atom stereocenters. The van der Waals surface area contributed by atoms with Crippen LogP contribution in [0.3, 0.4) is 0 Å². The maximum absolute atomic E-state index is 9.73. The Bertz CT molecular complexity index is 359. The SMILES string of the molecule is CC(O)(CN=[N+]=[N-])COCc1ccccc1. The van der Waals surface area contributed by atoms with Crippen LogP contribution in [0.15, 0.2) is 35.4 Å². The summed E-state index contributed by atoms with van der Waals surface area (Å²) < 4.78 is 5.35. The summed E-state index contributed by atoms with van der Waals surface area (Å²) in [5.74, 6) is 0. The van der Waals surface area contributed by atoms with Crippen LogP contribution in [0.5, 0.6) is 0 Å². The Labute approximate surface area is 94.3 Å². The number of benzene rings is 1. The maximum Gasteiger partial charge on any atom is 0.0908 e. The number of azide groups is 1. The Hall–Kier alpha value is -1.55. The van der Waals surface area contributed by atoms with E-state index in [2.05, 4.69) is 10.0 Å². The highest BCUT2D eigenvalue weighted by atomic mass is 16.5. The van der Waals surface area contributed by atoms with Crippen LogP contribution in [-0.4, -0.2) is 23.9 Å². The van der Waals surface area contributed by atoms with Crippen molar-refractivity contribution < 1.29 is 9.84 Å². The lowest BCUT2D eigenvalue weighted by Gasteiger charge is -2.20. The quantitative estimate of drug-likeness (QED) is 0.454. The molecule has 0 aliphatic rings. The molecule has 0 aliphatic heterocycles. The average Bonchev–Trinajstić information content (AvgIpc) is 2.28. The highest BCUT2D eigenvalue weighted by molar-refractivity contribution is 5.13. The van der Waals surface area contributed by atoms with E-state index < -0.39 is 5.60 Å². The molecule has 0 radical (unpaired) electrons. The lowest BCUT2D eigenvalue weighted by Crippen LogP contribution is -2.33. The summed E-state index contributed by atoms with van der Waals surface area (Å²) in [5, 5.41) is 13.1. The van der Waals surface area contributed by atoms with Crippen molar-refractivity contribution in [3.8, 4) is 0 Å². The zero-order valence-electron chi connectivity index (χ0n) is 9.21. The van der Waals surface area contributed by atoms with Gasteiger partial charge in [-0.2, -0.15) is 0 Å². The number of nitrogens with zero attached hydrogens (tertiary/aromatic N) is 3. The van der Waals surface area contributed by atoms with Crippen molar-refractivity contribution in [3.05, 3.63) is 46.3 Å². The van der Waals surface area contributed by atoms with Crippen LogP contribution in [-0.2, 0) is 11.3 Å². The predicted molar refractivity (Wildman–Crippen MR) is 60.7 cm³/mol. The molecule has 0 saturated carbocycles. The van der Waals surface area contributed by atoms with Crippen molar-refractivity contribution >= 4 is 0 Å². The minimum absolute atomic E-state index is 0.0122. The van der Waals surface area contributed by atoms with Gasteiger partial charge in [0.1, 0.15) is 0 Å². The number of ether oxygens (including phenoxy) is 1. The van der Waals surface area contributed by atoms with Gasteiger partial charge < -0.3 is 9.84 Å². The van der Waals surface area contributed by atoms with E-state index in [4.69, 9.17) is 10.3 Å². The molecule has 0 bridgehead atoms. The minimum atomic E-state index is -1.11. The zero-order chi connectivity index (χ0) is 11.9. The average molecular weight is 221 g/mol. The maximum atomic E-state index is 9.73. The molecule has 1 aromatic carbocycles. The van der Waals surface area contributed by atoms with Crippen molar-refractivity contribution in [1.29, 1.82) is 0 Å². The third-order valence-corrected chi connectivity index (χ3v) is 2.00. The molecule has 5 nitrogen and oxygen atoms in total. The molecular weight excluding hydrogens is 206 g/mol. The van der Waals surface area contributed by atoms with E-state index in [0.29, 0.717) is 6.61 Å². The van der Waals surface area contributed by atoms with Crippen molar-refractivity contribution in [2.24, 2.45) is 5.11 Å². The third-order valence-electron chi connectivity index (χ3n) is 2.00. The smallest absolute Gasteiger partial charge is 0.0908 e. The minimum Gasteiger partial charge on any atom is -0.388 e. The van der Waals surface area contributed by atoms with Crippen molar-refractivity contribution in [1.82, 2.24) is 0 Å². The van der Waals surface area contributed by atoms with Crippen LogP contribution in [0.4, 0.5) is 0 Å². The summed E-state index contributed by atoms with van der Waals surface area (Å²) in [6.07, 6.45) is 0. The van der Waals surface area contributed by atoms with Crippen LogP contribution in [0, 0.1) is 0 Å². The first-order chi connectivity index (χ1) is 7.64. The van der Waals surface area contributed by atoms with Gasteiger partial charge in [0.25, 0.3) is 0 Å². The van der Waals surface area contributed by atoms with E-state index in [1.165, 1.54) is 0 Å². The van der Waals surface area contributed by atoms with Gasteiger partial charge in [-0.25, -0.2) is 0 Å². The monoisotopic (exact) mass is 221 g/mol. The molecule has 16 heavy (non-hydrogen) atoms. The Morgan fingerprint density at radius 3 is 2.75 bits per heavy atom. The second-order valence-corrected chi connectivity index (χ2v) is 3.86. The van der Waals surface area contributed by atoms with Gasteiger partial charge in [-0.15, -0.1) is 0 Å². The van der Waals surface area contributed by atoms with Crippen LogP contribution in [0.2, 0.25) is 0 Å². The number of hydrogen-bond acceptors (Lipinski definition) is 3. The van der Waals surface area contributed by atoms with Crippen LogP contribution in [0.25, 0.3) is 10.4 Å². The fourth-order valence-corrected chi connectivity index (χ4v) is 1.19. The van der Waals surface area contributed by atoms with E-state index >= 15 is 0 Å². The lowest BCUT2D eigenvalue weighted by molar-refractivity contribution is -0.0329. The molecule has 1 rings (SSSR count). The first kappa shape index (κ1) is 12.5. The van der Waals surface area contributed by atoms with Gasteiger partial charge in [0, 0.05) is 4.91 Å². The molecule has 1 atom stereocenters. The zero-order valence-corrected chi connectivity index (χ0v) is 9.21. The third kappa shape index (κ3) is 4.79. The van der Waals surface area contributed by atoms with Gasteiger partial charge in [0.15, 0.2) is 0 Å². The summed E-state index contributed by atoms with van der Waals surface area (Å²) in [6, 6.07) is 9.68. The molecule has 0 spiro atoms. The van der Waals surface area contributed by atoms with Gasteiger partial charge in [-0.05, 0) is 18.0 Å². The van der Waals surface area contributed by atoms with Crippen molar-refractivity contribution in [2.45, 2.75) is 19.1 Å². The standard InChI is InChI=1S/C11H15N3O2/c1-11(15,8-13-14-12)9-16-7-10-5-3-2-4-6-10/h2-6,15H,7-9H2,1H3. The van der Waals surface area contributed by atoms with E-state index in [1.54, 1.807) is 6.92 Å². The Balaban J connectivity index is 2.32. The van der Waals surface area contributed by atoms with Gasteiger partial charge in [-0.3, -0.25) is 0 Å². The van der Waals surface area contributed by atoms with Crippen LogP contribution < -0.4 is 0 Å². The van der Waals surface area contributed by atoms with Gasteiger partial charge in [-0.1, -0.05) is 35.4 Å². The van der Waals surface area contributed by atoms with E-state index in [-0.39, 0.29) is 13.2 Å². The molecule has 1 aromatic rings. The summed E-state index contributed by atoms with van der Waals surface area (Å²) >= 11 is 0. The molecule has 86 valence electrons. The first-order valence-electron chi connectivity index (χ1n) is 4.99. The van der Waals surface area contributed by atoms with Crippen LogP contribution in [0.1, 0.15) is 12.5 Å². The molecule has 0 saturated heterocycles. The summed E-state index contributed by atoms with van der Waals surface area (Å²) in [6.45, 7) is 2.17. The molecule has 0 aliphatic carbocycles. The molecule has 0 aromatic heterocycles. The Morgan fingerprint density at radius 2 is 2.12 bits per heavy atom. The Kier molecular flexibility index (Phi) is 4.79. The predicted octanol–water partition coefficient (Wildman–Crippen LogP) is 2.26. The summed E-state index contributed by atoms with van der Waals surface area (Å²) in [7, 11) is 0. The van der Waals surface area contributed by atoms with Crippen molar-refractivity contribution in [3.63, 3.8) is 0 Å². The number of hydrogen-bond donors (Lipinski definition) is 1. The molecule has 1 N–H and O–H groups in total. The topological polar surface area (TPSA) is 78.2 Å². The van der Waals surface area contributed by atoms with Crippen LogP contribution >= 0.6 is 0 Å². The number of aliphatic hydroxyl groups is 1. The lowest BCUT2D eigenvalue weighted by atomic mass is 10.1. The largest absolute Gasteiger partial charge is 0.388 e. The molecular formula is C11H15N3O2.